The van der Waals surface area contributed by atoms with E-state index in [1.54, 1.807) is 17.8 Å². The Morgan fingerprint density at radius 2 is 2.06 bits per heavy atom. The highest BCUT2D eigenvalue weighted by Gasteiger charge is 2.04. The molecule has 0 atom stereocenters. The summed E-state index contributed by atoms with van der Waals surface area (Å²) in [6, 6.07) is 7.48. The van der Waals surface area contributed by atoms with Crippen LogP contribution in [-0.4, -0.2) is 31.2 Å². The number of anilines is 1. The Morgan fingerprint density at radius 1 is 1.33 bits per heavy atom. The number of hydrogen-bond acceptors (Lipinski definition) is 4. The predicted octanol–water partition coefficient (Wildman–Crippen LogP) is 0.844. The Kier molecular flexibility index (Phi) is 8.19. The molecule has 0 saturated carbocycles. The molecule has 2 amide bonds. The fourth-order valence-electron chi connectivity index (χ4n) is 1.16. The summed E-state index contributed by atoms with van der Waals surface area (Å²) >= 11 is 1.59. The highest BCUT2D eigenvalue weighted by Crippen LogP contribution is 2.18. The van der Waals surface area contributed by atoms with Gasteiger partial charge in [-0.3, -0.25) is 9.59 Å². The van der Waals surface area contributed by atoms with Crippen LogP contribution >= 0.6 is 24.2 Å². The molecule has 4 N–H and O–H groups in total. The van der Waals surface area contributed by atoms with Crippen LogP contribution in [-0.2, 0) is 9.59 Å². The van der Waals surface area contributed by atoms with Crippen molar-refractivity contribution in [2.45, 2.75) is 4.90 Å². The third-order valence-electron chi connectivity index (χ3n) is 1.99. The van der Waals surface area contributed by atoms with E-state index in [1.807, 2.05) is 24.5 Å². The van der Waals surface area contributed by atoms with Crippen molar-refractivity contribution >= 4 is 41.7 Å². The molecule has 0 aromatic heterocycles. The average molecular weight is 290 g/mol. The van der Waals surface area contributed by atoms with Crippen LogP contribution < -0.4 is 16.4 Å². The maximum absolute atomic E-state index is 11.5. The first-order valence-corrected chi connectivity index (χ1v) is 6.29. The van der Waals surface area contributed by atoms with E-state index in [0.717, 1.165) is 4.90 Å². The number of amides is 2. The Labute approximate surface area is 116 Å². The number of rotatable bonds is 5. The Balaban J connectivity index is 0.00000289. The third-order valence-corrected chi connectivity index (χ3v) is 2.71. The van der Waals surface area contributed by atoms with E-state index in [0.29, 0.717) is 5.69 Å². The molecular formula is C11H16ClN3O2S. The van der Waals surface area contributed by atoms with Crippen molar-refractivity contribution in [1.29, 1.82) is 0 Å². The summed E-state index contributed by atoms with van der Waals surface area (Å²) < 4.78 is 0. The van der Waals surface area contributed by atoms with E-state index >= 15 is 0 Å². The van der Waals surface area contributed by atoms with Gasteiger partial charge in [-0.15, -0.1) is 24.2 Å². The molecule has 0 heterocycles. The zero-order valence-corrected chi connectivity index (χ0v) is 11.6. The largest absolute Gasteiger partial charge is 0.346 e. The number of halogens is 1. The van der Waals surface area contributed by atoms with Gasteiger partial charge in [-0.25, -0.2) is 0 Å². The minimum atomic E-state index is -0.349. The molecule has 0 bridgehead atoms. The first-order chi connectivity index (χ1) is 8.15. The average Bonchev–Trinajstić information content (AvgIpc) is 2.36. The minimum absolute atomic E-state index is 0. The Hall–Kier alpha value is -1.24. The van der Waals surface area contributed by atoms with Crippen LogP contribution in [0.5, 0.6) is 0 Å². The second-order valence-electron chi connectivity index (χ2n) is 3.26. The van der Waals surface area contributed by atoms with E-state index in [9.17, 15) is 9.59 Å². The van der Waals surface area contributed by atoms with Crippen molar-refractivity contribution in [2.24, 2.45) is 5.73 Å². The SMILES string of the molecule is CSc1cccc(NC(=O)CNC(=O)CN)c1.Cl. The molecule has 1 aromatic carbocycles. The molecule has 0 aliphatic carbocycles. The van der Waals surface area contributed by atoms with Gasteiger partial charge in [0.2, 0.25) is 11.8 Å². The third kappa shape index (κ3) is 5.90. The van der Waals surface area contributed by atoms with Gasteiger partial charge in [0.15, 0.2) is 0 Å². The molecule has 1 aromatic rings. The van der Waals surface area contributed by atoms with Gasteiger partial charge >= 0.3 is 0 Å². The molecule has 0 saturated heterocycles. The summed E-state index contributed by atoms with van der Waals surface area (Å²) in [5.74, 6) is -0.622. The molecule has 7 heteroatoms. The molecule has 100 valence electrons. The number of carbonyl (C=O) groups is 2. The summed E-state index contributed by atoms with van der Waals surface area (Å²) in [6.45, 7) is -0.186. The fraction of sp³-hybridized carbons (Fsp3) is 0.273. The maximum atomic E-state index is 11.5. The van der Waals surface area contributed by atoms with Gasteiger partial charge in [0.25, 0.3) is 0 Å². The van der Waals surface area contributed by atoms with Crippen LogP contribution in [0.25, 0.3) is 0 Å². The number of thioether (sulfide) groups is 1. The molecule has 0 unspecified atom stereocenters. The van der Waals surface area contributed by atoms with E-state index in [1.165, 1.54) is 0 Å². The van der Waals surface area contributed by atoms with Crippen LogP contribution in [0, 0.1) is 0 Å². The summed E-state index contributed by atoms with van der Waals surface area (Å²) in [7, 11) is 0. The van der Waals surface area contributed by atoms with E-state index in [2.05, 4.69) is 10.6 Å². The molecule has 0 radical (unpaired) electrons. The van der Waals surface area contributed by atoms with Gasteiger partial charge in [-0.05, 0) is 24.5 Å². The number of carbonyl (C=O) groups excluding carboxylic acids is 2. The van der Waals surface area contributed by atoms with Gasteiger partial charge < -0.3 is 16.4 Å². The van der Waals surface area contributed by atoms with Crippen molar-refractivity contribution in [2.75, 3.05) is 24.7 Å². The summed E-state index contributed by atoms with van der Waals surface area (Å²) in [5.41, 5.74) is 5.81. The van der Waals surface area contributed by atoms with Crippen molar-refractivity contribution in [1.82, 2.24) is 5.32 Å². The zero-order chi connectivity index (χ0) is 12.7. The van der Waals surface area contributed by atoms with Crippen LogP contribution in [0.1, 0.15) is 0 Å². The van der Waals surface area contributed by atoms with E-state index < -0.39 is 0 Å². The summed E-state index contributed by atoms with van der Waals surface area (Å²) in [4.78, 5) is 23.4. The Morgan fingerprint density at radius 3 is 2.67 bits per heavy atom. The second-order valence-corrected chi connectivity index (χ2v) is 4.14. The monoisotopic (exact) mass is 289 g/mol. The second kappa shape index (κ2) is 8.79. The lowest BCUT2D eigenvalue weighted by molar-refractivity contribution is -0.123. The Bertz CT molecular complexity index is 415. The van der Waals surface area contributed by atoms with Gasteiger partial charge in [0.1, 0.15) is 0 Å². The van der Waals surface area contributed by atoms with Crippen LogP contribution in [0.3, 0.4) is 0 Å². The first-order valence-electron chi connectivity index (χ1n) is 5.06. The standard InChI is InChI=1S/C11H15N3O2S.ClH/c1-17-9-4-2-3-8(5-9)14-11(16)7-13-10(15)6-12;/h2-5H,6-7,12H2,1H3,(H,13,15)(H,14,16);1H. The smallest absolute Gasteiger partial charge is 0.243 e. The lowest BCUT2D eigenvalue weighted by atomic mass is 10.3. The lowest BCUT2D eigenvalue weighted by Crippen LogP contribution is -2.36. The molecule has 0 fully saturated rings. The minimum Gasteiger partial charge on any atom is -0.346 e. The first kappa shape index (κ1) is 16.8. The molecule has 1 rings (SSSR count). The van der Waals surface area contributed by atoms with Crippen LogP contribution in [0.4, 0.5) is 5.69 Å². The number of benzene rings is 1. The number of nitrogens with two attached hydrogens (primary N) is 1. The molecular weight excluding hydrogens is 274 g/mol. The predicted molar refractivity (Wildman–Crippen MR) is 76.2 cm³/mol. The quantitative estimate of drug-likeness (QED) is 0.702. The van der Waals surface area contributed by atoms with Crippen molar-refractivity contribution < 1.29 is 9.59 Å². The van der Waals surface area contributed by atoms with Crippen molar-refractivity contribution in [3.8, 4) is 0 Å². The lowest BCUT2D eigenvalue weighted by Gasteiger charge is -2.07. The summed E-state index contributed by atoms with van der Waals surface area (Å²) in [6.07, 6.45) is 1.96. The van der Waals surface area contributed by atoms with Crippen molar-refractivity contribution in [3.63, 3.8) is 0 Å². The summed E-state index contributed by atoms with van der Waals surface area (Å²) in [5, 5.41) is 5.09. The topological polar surface area (TPSA) is 84.2 Å². The van der Waals surface area contributed by atoms with Gasteiger partial charge in [-0.2, -0.15) is 0 Å². The van der Waals surface area contributed by atoms with Crippen molar-refractivity contribution in [3.05, 3.63) is 24.3 Å². The molecule has 0 aliphatic heterocycles. The van der Waals surface area contributed by atoms with Gasteiger partial charge in [0.05, 0.1) is 13.1 Å². The normalized spacial score (nSPS) is 9.22. The van der Waals surface area contributed by atoms with Gasteiger partial charge in [0, 0.05) is 10.6 Å². The van der Waals surface area contributed by atoms with E-state index in [4.69, 9.17) is 5.73 Å². The van der Waals surface area contributed by atoms with Crippen LogP contribution in [0.2, 0.25) is 0 Å². The van der Waals surface area contributed by atoms with Gasteiger partial charge in [-0.1, -0.05) is 6.07 Å². The molecule has 0 spiro atoms. The fourth-order valence-corrected chi connectivity index (χ4v) is 1.62. The maximum Gasteiger partial charge on any atom is 0.243 e. The zero-order valence-electron chi connectivity index (χ0n) is 9.93. The highest BCUT2D eigenvalue weighted by atomic mass is 35.5. The molecule has 5 nitrogen and oxygen atoms in total. The molecule has 18 heavy (non-hydrogen) atoms. The number of hydrogen-bond donors (Lipinski definition) is 3. The highest BCUT2D eigenvalue weighted by molar-refractivity contribution is 7.98. The number of nitrogens with one attached hydrogen (secondary N) is 2. The van der Waals surface area contributed by atoms with E-state index in [-0.39, 0.29) is 37.3 Å². The van der Waals surface area contributed by atoms with Crippen LogP contribution in [0.15, 0.2) is 29.2 Å². The molecule has 0 aliphatic rings.